The molecule has 3 aromatic rings. The van der Waals surface area contributed by atoms with Gasteiger partial charge in [-0.15, -0.1) is 0 Å². The van der Waals surface area contributed by atoms with Gasteiger partial charge in [0, 0.05) is 5.69 Å². The molecular formula is C32H35F2N3O5. The van der Waals surface area contributed by atoms with Crippen molar-refractivity contribution in [3.63, 3.8) is 0 Å². The molecule has 1 aliphatic carbocycles. The lowest BCUT2D eigenvalue weighted by atomic mass is 9.95. The van der Waals surface area contributed by atoms with Gasteiger partial charge >= 0.3 is 12.0 Å². The van der Waals surface area contributed by atoms with E-state index < -0.39 is 41.7 Å². The van der Waals surface area contributed by atoms with E-state index in [1.807, 2.05) is 32.9 Å². The van der Waals surface area contributed by atoms with Gasteiger partial charge in [-0.3, -0.25) is 4.79 Å². The van der Waals surface area contributed by atoms with Crippen LogP contribution in [-0.4, -0.2) is 43.3 Å². The van der Waals surface area contributed by atoms with Crippen molar-refractivity contribution >= 4 is 29.3 Å². The zero-order valence-electron chi connectivity index (χ0n) is 24.3. The highest BCUT2D eigenvalue weighted by molar-refractivity contribution is 6.08. The second kappa shape index (κ2) is 13.1. The lowest BCUT2D eigenvalue weighted by Crippen LogP contribution is -2.50. The molecule has 0 saturated heterocycles. The topological polar surface area (TPSA) is 106 Å². The van der Waals surface area contributed by atoms with E-state index in [2.05, 4.69) is 16.0 Å². The van der Waals surface area contributed by atoms with Crippen LogP contribution in [0.1, 0.15) is 53.2 Å². The quantitative estimate of drug-likeness (QED) is 0.254. The number of halogens is 2. The Morgan fingerprint density at radius 3 is 2.12 bits per heavy atom. The standard InChI is InChI=1S/C32H35F2N3O5/c1-17-13-18(2)28(19(3)14-17)37-32(40)35-27-16-22(21-10-12-25(33)26(34)15-21)9-11-24(27)30(38)36-29(31(39)41-5)20(4)42-23-7-6-8-23/h9-16,20,23,29H,6-8H2,1-5H3,(H,36,38)(H2,35,37,40)/t20-,29+/m1/s1. The Morgan fingerprint density at radius 1 is 0.881 bits per heavy atom. The van der Waals surface area contributed by atoms with E-state index in [0.29, 0.717) is 16.8 Å². The van der Waals surface area contributed by atoms with Gasteiger partial charge in [0.2, 0.25) is 0 Å². The fraction of sp³-hybridized carbons (Fsp3) is 0.344. The van der Waals surface area contributed by atoms with E-state index in [4.69, 9.17) is 9.47 Å². The SMILES string of the molecule is COC(=O)[C@@H](NC(=O)c1ccc(-c2ccc(F)c(F)c2)cc1NC(=O)Nc1c(C)cc(C)cc1C)[C@@H](C)OC1CCC1. The molecule has 0 unspecified atom stereocenters. The van der Waals surface area contributed by atoms with Crippen LogP contribution in [0.2, 0.25) is 0 Å². The van der Waals surface area contributed by atoms with Crippen LogP contribution in [0, 0.1) is 32.4 Å². The van der Waals surface area contributed by atoms with Crippen molar-refractivity contribution in [2.45, 2.75) is 65.2 Å². The first-order chi connectivity index (χ1) is 20.0. The van der Waals surface area contributed by atoms with E-state index in [0.717, 1.165) is 48.1 Å². The van der Waals surface area contributed by atoms with Crippen molar-refractivity contribution in [2.24, 2.45) is 0 Å². The predicted molar refractivity (Wildman–Crippen MR) is 157 cm³/mol. The fourth-order valence-corrected chi connectivity index (χ4v) is 4.95. The van der Waals surface area contributed by atoms with Gasteiger partial charge in [-0.1, -0.05) is 29.8 Å². The maximum atomic E-state index is 14.0. The summed E-state index contributed by atoms with van der Waals surface area (Å²) in [5.74, 6) is -3.37. The maximum Gasteiger partial charge on any atom is 0.331 e. The molecule has 8 nitrogen and oxygen atoms in total. The molecule has 0 heterocycles. The summed E-state index contributed by atoms with van der Waals surface area (Å²) in [6.45, 7) is 7.39. The minimum atomic E-state index is -1.10. The summed E-state index contributed by atoms with van der Waals surface area (Å²) in [6, 6.07) is 10.0. The number of aryl methyl sites for hydroxylation is 3. The smallest absolute Gasteiger partial charge is 0.331 e. The van der Waals surface area contributed by atoms with Crippen molar-refractivity contribution in [2.75, 3.05) is 17.7 Å². The highest BCUT2D eigenvalue weighted by Gasteiger charge is 2.33. The number of rotatable bonds is 9. The third-order valence-corrected chi connectivity index (χ3v) is 7.35. The lowest BCUT2D eigenvalue weighted by molar-refractivity contribution is -0.149. The van der Waals surface area contributed by atoms with Crippen molar-refractivity contribution < 1.29 is 32.6 Å². The number of benzene rings is 3. The Hall–Kier alpha value is -4.31. The van der Waals surface area contributed by atoms with E-state index >= 15 is 0 Å². The average molecular weight is 580 g/mol. The normalized spacial score (nSPS) is 14.4. The van der Waals surface area contributed by atoms with Crippen LogP contribution in [-0.2, 0) is 14.3 Å². The average Bonchev–Trinajstić information content (AvgIpc) is 2.92. The summed E-state index contributed by atoms with van der Waals surface area (Å²) in [7, 11) is 1.22. The molecule has 0 bridgehead atoms. The Labute approximate surface area is 243 Å². The number of urea groups is 1. The summed E-state index contributed by atoms with van der Waals surface area (Å²) >= 11 is 0. The Morgan fingerprint density at radius 2 is 1.52 bits per heavy atom. The van der Waals surface area contributed by atoms with Crippen LogP contribution in [0.3, 0.4) is 0 Å². The third-order valence-electron chi connectivity index (χ3n) is 7.35. The summed E-state index contributed by atoms with van der Waals surface area (Å²) in [5.41, 5.74) is 4.28. The molecule has 1 saturated carbocycles. The van der Waals surface area contributed by atoms with E-state index in [1.165, 1.54) is 25.3 Å². The number of methoxy groups -OCH3 is 1. The summed E-state index contributed by atoms with van der Waals surface area (Å²) < 4.78 is 38.4. The second-order valence-electron chi connectivity index (χ2n) is 10.6. The Bertz CT molecular complexity index is 1480. The van der Waals surface area contributed by atoms with Gasteiger partial charge in [-0.05, 0) is 93.5 Å². The van der Waals surface area contributed by atoms with Gasteiger partial charge < -0.3 is 25.4 Å². The van der Waals surface area contributed by atoms with Crippen LogP contribution in [0.5, 0.6) is 0 Å². The number of hydrogen-bond donors (Lipinski definition) is 3. The van der Waals surface area contributed by atoms with Crippen LogP contribution >= 0.6 is 0 Å². The Balaban J connectivity index is 1.65. The van der Waals surface area contributed by atoms with Gasteiger partial charge in [0.25, 0.3) is 5.91 Å². The lowest BCUT2D eigenvalue weighted by Gasteiger charge is -2.32. The number of nitrogens with one attached hydrogen (secondary N) is 3. The number of esters is 1. The summed E-state index contributed by atoms with van der Waals surface area (Å²) in [5, 5.41) is 8.23. The molecule has 0 aliphatic heterocycles. The molecule has 42 heavy (non-hydrogen) atoms. The van der Waals surface area contributed by atoms with Crippen molar-refractivity contribution in [3.8, 4) is 11.1 Å². The number of hydrogen-bond acceptors (Lipinski definition) is 5. The largest absolute Gasteiger partial charge is 0.467 e. The van der Waals surface area contributed by atoms with Crippen molar-refractivity contribution in [3.05, 3.63) is 82.4 Å². The number of anilines is 2. The monoisotopic (exact) mass is 579 g/mol. The molecule has 2 atom stereocenters. The van der Waals surface area contributed by atoms with E-state index in [9.17, 15) is 23.2 Å². The summed E-state index contributed by atoms with van der Waals surface area (Å²) in [4.78, 5) is 39.3. The van der Waals surface area contributed by atoms with Crippen LogP contribution in [0.25, 0.3) is 11.1 Å². The molecular weight excluding hydrogens is 544 g/mol. The number of carbonyl (C=O) groups is 3. The van der Waals surface area contributed by atoms with Gasteiger partial charge in [0.05, 0.1) is 30.6 Å². The molecule has 222 valence electrons. The van der Waals surface area contributed by atoms with Crippen LogP contribution in [0.4, 0.5) is 25.0 Å². The van der Waals surface area contributed by atoms with Crippen LogP contribution < -0.4 is 16.0 Å². The van der Waals surface area contributed by atoms with Crippen molar-refractivity contribution in [1.82, 2.24) is 5.32 Å². The van der Waals surface area contributed by atoms with E-state index in [1.54, 1.807) is 13.0 Å². The first-order valence-electron chi connectivity index (χ1n) is 13.8. The van der Waals surface area contributed by atoms with Gasteiger partial charge in [-0.2, -0.15) is 0 Å². The number of carbonyl (C=O) groups excluding carboxylic acids is 3. The molecule has 3 aromatic carbocycles. The van der Waals surface area contributed by atoms with Crippen molar-refractivity contribution in [1.29, 1.82) is 0 Å². The molecule has 3 N–H and O–H groups in total. The molecule has 1 fully saturated rings. The minimum absolute atomic E-state index is 0.00839. The highest BCUT2D eigenvalue weighted by Crippen LogP contribution is 2.29. The minimum Gasteiger partial charge on any atom is -0.467 e. The first kappa shape index (κ1) is 30.6. The zero-order chi connectivity index (χ0) is 30.6. The predicted octanol–water partition coefficient (Wildman–Crippen LogP) is 6.43. The molecule has 0 radical (unpaired) electrons. The zero-order valence-corrected chi connectivity index (χ0v) is 24.3. The maximum absolute atomic E-state index is 14.0. The van der Waals surface area contributed by atoms with Gasteiger partial charge in [0.15, 0.2) is 17.7 Å². The van der Waals surface area contributed by atoms with Gasteiger partial charge in [0.1, 0.15) is 0 Å². The highest BCUT2D eigenvalue weighted by atomic mass is 19.2. The molecule has 1 aliphatic rings. The second-order valence-corrected chi connectivity index (χ2v) is 10.6. The number of ether oxygens (including phenoxy) is 2. The molecule has 4 rings (SSSR count). The summed E-state index contributed by atoms with van der Waals surface area (Å²) in [6.07, 6.45) is 2.13. The van der Waals surface area contributed by atoms with Gasteiger partial charge in [-0.25, -0.2) is 18.4 Å². The first-order valence-corrected chi connectivity index (χ1v) is 13.8. The molecule has 3 amide bonds. The van der Waals surface area contributed by atoms with E-state index in [-0.39, 0.29) is 17.4 Å². The molecule has 0 aromatic heterocycles. The third kappa shape index (κ3) is 7.12. The molecule has 10 heteroatoms. The number of amides is 3. The van der Waals surface area contributed by atoms with Crippen LogP contribution in [0.15, 0.2) is 48.5 Å². The fourth-order valence-electron chi connectivity index (χ4n) is 4.95. The molecule has 0 spiro atoms. The Kier molecular flexibility index (Phi) is 9.57.